The van der Waals surface area contributed by atoms with Gasteiger partial charge >= 0.3 is 0 Å². The quantitative estimate of drug-likeness (QED) is 0.420. The summed E-state index contributed by atoms with van der Waals surface area (Å²) >= 11 is 5.97. The van der Waals surface area contributed by atoms with Crippen molar-refractivity contribution in [2.24, 2.45) is 7.05 Å². The molecule has 0 saturated carbocycles. The number of hydrogen-bond donors (Lipinski definition) is 0. The van der Waals surface area contributed by atoms with Crippen LogP contribution in [0.2, 0.25) is 5.02 Å². The fourth-order valence-corrected chi connectivity index (χ4v) is 4.41. The fraction of sp³-hybridized carbons (Fsp3) is 0.231. The molecule has 1 aliphatic rings. The lowest BCUT2D eigenvalue weighted by Gasteiger charge is -2.34. The Kier molecular flexibility index (Phi) is 5.97. The SMILES string of the molecule is Cc1nc2cc(N3CCOC(c4ccc(C#N)cc4)C3)nc(-c3ccc(Cl)cc3F)c2c(=O)n1C. The van der Waals surface area contributed by atoms with Crippen LogP contribution in [0.1, 0.15) is 23.1 Å². The van der Waals surface area contributed by atoms with Crippen LogP contribution in [-0.2, 0) is 11.8 Å². The average molecular weight is 490 g/mol. The highest BCUT2D eigenvalue weighted by molar-refractivity contribution is 6.30. The lowest BCUT2D eigenvalue weighted by Crippen LogP contribution is -2.39. The Balaban J connectivity index is 1.63. The summed E-state index contributed by atoms with van der Waals surface area (Å²) in [4.78, 5) is 24.6. The molecule has 176 valence electrons. The van der Waals surface area contributed by atoms with Gasteiger partial charge in [-0.1, -0.05) is 23.7 Å². The largest absolute Gasteiger partial charge is 0.370 e. The number of aromatic nitrogens is 3. The second-order valence-corrected chi connectivity index (χ2v) is 8.85. The molecule has 2 aromatic heterocycles. The van der Waals surface area contributed by atoms with E-state index in [-0.39, 0.29) is 33.3 Å². The maximum atomic E-state index is 15.0. The summed E-state index contributed by atoms with van der Waals surface area (Å²) in [6, 6.07) is 15.5. The van der Waals surface area contributed by atoms with Gasteiger partial charge in [0.15, 0.2) is 0 Å². The molecule has 0 amide bonds. The van der Waals surface area contributed by atoms with E-state index < -0.39 is 5.82 Å². The topological polar surface area (TPSA) is 84.0 Å². The molecular formula is C26H21ClFN5O2. The molecule has 0 radical (unpaired) electrons. The van der Waals surface area contributed by atoms with Gasteiger partial charge in [-0.3, -0.25) is 9.36 Å². The lowest BCUT2D eigenvalue weighted by atomic mass is 10.0. The third-order valence-electron chi connectivity index (χ3n) is 6.26. The second-order valence-electron chi connectivity index (χ2n) is 8.41. The number of hydrogen-bond acceptors (Lipinski definition) is 6. The number of fused-ring (bicyclic) bond motifs is 1. The van der Waals surface area contributed by atoms with E-state index in [9.17, 15) is 9.18 Å². The lowest BCUT2D eigenvalue weighted by molar-refractivity contribution is 0.0395. The van der Waals surface area contributed by atoms with Gasteiger partial charge in [0.05, 0.1) is 34.8 Å². The van der Waals surface area contributed by atoms with Crippen molar-refractivity contribution in [1.82, 2.24) is 14.5 Å². The number of nitrogens with zero attached hydrogens (tertiary/aromatic N) is 5. The molecule has 0 spiro atoms. The molecule has 4 aromatic rings. The van der Waals surface area contributed by atoms with Crippen molar-refractivity contribution in [3.8, 4) is 17.3 Å². The van der Waals surface area contributed by atoms with Crippen LogP contribution in [0.15, 0.2) is 53.3 Å². The molecule has 0 aliphatic carbocycles. The van der Waals surface area contributed by atoms with Gasteiger partial charge in [-0.15, -0.1) is 0 Å². The highest BCUT2D eigenvalue weighted by Gasteiger charge is 2.25. The minimum atomic E-state index is -0.566. The number of morpholine rings is 1. The highest BCUT2D eigenvalue weighted by atomic mass is 35.5. The zero-order valence-corrected chi connectivity index (χ0v) is 19.9. The van der Waals surface area contributed by atoms with Gasteiger partial charge in [0.2, 0.25) is 0 Å². The smallest absolute Gasteiger partial charge is 0.263 e. The highest BCUT2D eigenvalue weighted by Crippen LogP contribution is 2.33. The molecular weight excluding hydrogens is 469 g/mol. The summed E-state index contributed by atoms with van der Waals surface area (Å²) in [6.07, 6.45) is -0.233. The minimum Gasteiger partial charge on any atom is -0.370 e. The van der Waals surface area contributed by atoms with Gasteiger partial charge in [0.25, 0.3) is 5.56 Å². The number of aryl methyl sites for hydroxylation is 1. The van der Waals surface area contributed by atoms with Crippen molar-refractivity contribution in [1.29, 1.82) is 5.26 Å². The number of halogens is 2. The van der Waals surface area contributed by atoms with Gasteiger partial charge < -0.3 is 9.64 Å². The van der Waals surface area contributed by atoms with Crippen LogP contribution in [0.4, 0.5) is 10.2 Å². The molecule has 3 heterocycles. The van der Waals surface area contributed by atoms with Crippen LogP contribution >= 0.6 is 11.6 Å². The summed E-state index contributed by atoms with van der Waals surface area (Å²) < 4.78 is 22.4. The van der Waals surface area contributed by atoms with E-state index in [0.717, 1.165) is 5.56 Å². The Morgan fingerprint density at radius 2 is 1.94 bits per heavy atom. The van der Waals surface area contributed by atoms with Crippen molar-refractivity contribution in [2.75, 3.05) is 24.6 Å². The summed E-state index contributed by atoms with van der Waals surface area (Å²) in [5.41, 5.74) is 2.08. The number of anilines is 1. The maximum Gasteiger partial charge on any atom is 0.263 e. The van der Waals surface area contributed by atoms with Gasteiger partial charge in [-0.2, -0.15) is 5.26 Å². The van der Waals surface area contributed by atoms with Crippen LogP contribution in [0, 0.1) is 24.1 Å². The molecule has 2 aromatic carbocycles. The predicted molar refractivity (Wildman–Crippen MR) is 132 cm³/mol. The molecule has 5 rings (SSSR count). The van der Waals surface area contributed by atoms with Crippen LogP contribution in [0.5, 0.6) is 0 Å². The molecule has 9 heteroatoms. The minimum absolute atomic E-state index is 0.181. The zero-order valence-electron chi connectivity index (χ0n) is 19.1. The van der Waals surface area contributed by atoms with E-state index in [1.807, 2.05) is 17.0 Å². The molecule has 1 saturated heterocycles. The third kappa shape index (κ3) is 4.25. The molecule has 0 bridgehead atoms. The molecule has 7 nitrogen and oxygen atoms in total. The van der Waals surface area contributed by atoms with Crippen molar-refractivity contribution in [2.45, 2.75) is 13.0 Å². The summed E-state index contributed by atoms with van der Waals surface area (Å²) in [5, 5.41) is 9.57. The van der Waals surface area contributed by atoms with E-state index >= 15 is 0 Å². The van der Waals surface area contributed by atoms with Crippen LogP contribution < -0.4 is 10.5 Å². The monoisotopic (exact) mass is 489 g/mol. The summed E-state index contributed by atoms with van der Waals surface area (Å²) in [5.74, 6) is 0.548. The number of pyridine rings is 1. The Morgan fingerprint density at radius 1 is 1.17 bits per heavy atom. The Labute approximate surface area is 206 Å². The number of rotatable bonds is 3. The van der Waals surface area contributed by atoms with E-state index in [1.54, 1.807) is 38.2 Å². The number of benzene rings is 2. The Hall–Kier alpha value is -3.80. The van der Waals surface area contributed by atoms with Gasteiger partial charge in [0.1, 0.15) is 23.6 Å². The first-order valence-electron chi connectivity index (χ1n) is 11.1. The third-order valence-corrected chi connectivity index (χ3v) is 6.49. The maximum absolute atomic E-state index is 15.0. The molecule has 1 atom stereocenters. The number of nitriles is 1. The van der Waals surface area contributed by atoms with Gasteiger partial charge in [0, 0.05) is 36.8 Å². The molecule has 1 aliphatic heterocycles. The van der Waals surface area contributed by atoms with E-state index in [1.165, 1.54) is 16.7 Å². The zero-order chi connectivity index (χ0) is 24.7. The standard InChI is InChI=1S/C26H21ClFN5O2/c1-15-30-21-12-23(33-9-10-35-22(14-33)17-5-3-16(13-29)4-6-17)31-25(24(21)26(34)32(15)2)19-8-7-18(27)11-20(19)28/h3-8,11-12,22H,9-10,14H2,1-2H3. The Morgan fingerprint density at radius 3 is 2.66 bits per heavy atom. The predicted octanol–water partition coefficient (Wildman–Crippen LogP) is 4.55. The molecule has 1 fully saturated rings. The van der Waals surface area contributed by atoms with Gasteiger partial charge in [-0.05, 0) is 42.8 Å². The van der Waals surface area contributed by atoms with Crippen molar-refractivity contribution in [3.63, 3.8) is 0 Å². The van der Waals surface area contributed by atoms with Crippen LogP contribution in [-0.4, -0.2) is 34.2 Å². The van der Waals surface area contributed by atoms with Crippen molar-refractivity contribution in [3.05, 3.63) is 86.7 Å². The van der Waals surface area contributed by atoms with Crippen LogP contribution in [0.25, 0.3) is 22.2 Å². The van der Waals surface area contributed by atoms with E-state index in [0.29, 0.717) is 42.4 Å². The molecule has 1 unspecified atom stereocenters. The van der Waals surface area contributed by atoms with Crippen LogP contribution in [0.3, 0.4) is 0 Å². The molecule has 35 heavy (non-hydrogen) atoms. The number of ether oxygens (including phenoxy) is 1. The molecule has 0 N–H and O–H groups in total. The van der Waals surface area contributed by atoms with Gasteiger partial charge in [-0.25, -0.2) is 14.4 Å². The van der Waals surface area contributed by atoms with E-state index in [4.69, 9.17) is 26.6 Å². The normalized spacial score (nSPS) is 15.9. The first-order valence-corrected chi connectivity index (χ1v) is 11.4. The second kappa shape index (κ2) is 9.10. The first kappa shape index (κ1) is 23.0. The Bertz CT molecular complexity index is 1550. The average Bonchev–Trinajstić information content (AvgIpc) is 2.87. The fourth-order valence-electron chi connectivity index (χ4n) is 4.25. The van der Waals surface area contributed by atoms with Crippen molar-refractivity contribution < 1.29 is 9.13 Å². The first-order chi connectivity index (χ1) is 16.9. The summed E-state index contributed by atoms with van der Waals surface area (Å²) in [6.45, 7) is 3.27. The van der Waals surface area contributed by atoms with E-state index in [2.05, 4.69) is 11.1 Å². The van der Waals surface area contributed by atoms with Crippen molar-refractivity contribution >= 4 is 28.3 Å². The summed E-state index contributed by atoms with van der Waals surface area (Å²) in [7, 11) is 1.63.